The molecule has 5 nitrogen and oxygen atoms in total. The van der Waals surface area contributed by atoms with Crippen molar-refractivity contribution in [1.82, 2.24) is 4.98 Å². The maximum absolute atomic E-state index is 9.31. The zero-order valence-corrected chi connectivity index (χ0v) is 12.2. The van der Waals surface area contributed by atoms with Gasteiger partial charge in [0.25, 0.3) is 0 Å². The summed E-state index contributed by atoms with van der Waals surface area (Å²) in [5.41, 5.74) is 6.36. The lowest BCUT2D eigenvalue weighted by molar-refractivity contribution is 0.248. The summed E-state index contributed by atoms with van der Waals surface area (Å²) in [6.45, 7) is 8.86. The average Bonchev–Trinajstić information content (AvgIpc) is 2.35. The number of aliphatic hydroxyl groups is 1. The molecule has 0 radical (unpaired) electrons. The molecular formula is C14H25N3O2. The van der Waals surface area contributed by atoms with Crippen molar-refractivity contribution in [2.45, 2.75) is 33.7 Å². The van der Waals surface area contributed by atoms with Crippen LogP contribution >= 0.6 is 0 Å². The Morgan fingerprint density at radius 2 is 2.00 bits per heavy atom. The molecule has 1 aromatic rings. The van der Waals surface area contributed by atoms with Gasteiger partial charge in [-0.05, 0) is 24.0 Å². The van der Waals surface area contributed by atoms with Crippen LogP contribution in [-0.2, 0) is 0 Å². The Bertz CT molecular complexity index is 394. The predicted octanol–water partition coefficient (Wildman–Crippen LogP) is 2.13. The molecule has 0 aliphatic heterocycles. The molecule has 5 heteroatoms. The Kier molecular flexibility index (Phi) is 5.89. The second-order valence-electron chi connectivity index (χ2n) is 5.47. The molecule has 0 amide bonds. The van der Waals surface area contributed by atoms with Crippen LogP contribution < -0.4 is 15.8 Å². The Morgan fingerprint density at radius 1 is 1.32 bits per heavy atom. The highest BCUT2D eigenvalue weighted by Crippen LogP contribution is 2.22. The molecule has 1 aromatic heterocycles. The van der Waals surface area contributed by atoms with E-state index in [-0.39, 0.29) is 12.6 Å². The number of anilines is 2. The van der Waals surface area contributed by atoms with Crippen LogP contribution in [0.2, 0.25) is 0 Å². The highest BCUT2D eigenvalue weighted by molar-refractivity contribution is 5.53. The van der Waals surface area contributed by atoms with Gasteiger partial charge >= 0.3 is 0 Å². The summed E-state index contributed by atoms with van der Waals surface area (Å²) in [7, 11) is 0. The van der Waals surface area contributed by atoms with Gasteiger partial charge in [0.15, 0.2) is 0 Å². The van der Waals surface area contributed by atoms with Crippen LogP contribution in [0.5, 0.6) is 5.88 Å². The van der Waals surface area contributed by atoms with Crippen LogP contribution in [0.1, 0.15) is 27.7 Å². The molecule has 19 heavy (non-hydrogen) atoms. The van der Waals surface area contributed by atoms with Gasteiger partial charge in [-0.1, -0.05) is 27.7 Å². The van der Waals surface area contributed by atoms with Crippen molar-refractivity contribution in [2.75, 3.05) is 24.3 Å². The zero-order valence-electron chi connectivity index (χ0n) is 12.2. The summed E-state index contributed by atoms with van der Waals surface area (Å²) >= 11 is 0. The summed E-state index contributed by atoms with van der Waals surface area (Å²) in [6.07, 6.45) is 0. The van der Waals surface area contributed by atoms with E-state index >= 15 is 0 Å². The lowest BCUT2D eigenvalue weighted by atomic mass is 10.1. The lowest BCUT2D eigenvalue weighted by Gasteiger charge is -2.21. The van der Waals surface area contributed by atoms with Gasteiger partial charge in [-0.15, -0.1) is 0 Å². The second-order valence-corrected chi connectivity index (χ2v) is 5.47. The summed E-state index contributed by atoms with van der Waals surface area (Å²) in [6, 6.07) is 3.52. The van der Waals surface area contributed by atoms with E-state index in [1.165, 1.54) is 0 Å². The van der Waals surface area contributed by atoms with Gasteiger partial charge in [0, 0.05) is 0 Å². The van der Waals surface area contributed by atoms with Crippen LogP contribution in [0.25, 0.3) is 0 Å². The van der Waals surface area contributed by atoms with Crippen LogP contribution in [0.15, 0.2) is 12.1 Å². The summed E-state index contributed by atoms with van der Waals surface area (Å²) in [5.74, 6) is 1.84. The van der Waals surface area contributed by atoms with Crippen molar-refractivity contribution in [2.24, 2.45) is 11.8 Å². The molecule has 0 fully saturated rings. The minimum atomic E-state index is -0.0333. The van der Waals surface area contributed by atoms with Crippen molar-refractivity contribution < 1.29 is 9.84 Å². The van der Waals surface area contributed by atoms with Crippen molar-refractivity contribution >= 4 is 11.5 Å². The second kappa shape index (κ2) is 7.19. The Balaban J connectivity index is 2.77. The fourth-order valence-corrected chi connectivity index (χ4v) is 1.51. The predicted molar refractivity (Wildman–Crippen MR) is 78.3 cm³/mol. The monoisotopic (exact) mass is 267 g/mol. The van der Waals surface area contributed by atoms with Crippen molar-refractivity contribution in [3.63, 3.8) is 0 Å². The highest BCUT2D eigenvalue weighted by atomic mass is 16.5. The number of ether oxygens (including phenoxy) is 1. The maximum atomic E-state index is 9.31. The topological polar surface area (TPSA) is 80.4 Å². The molecule has 1 unspecified atom stereocenters. The number of nitrogens with zero attached hydrogens (tertiary/aromatic N) is 1. The van der Waals surface area contributed by atoms with Crippen LogP contribution in [0, 0.1) is 11.8 Å². The van der Waals surface area contributed by atoms with Gasteiger partial charge in [-0.2, -0.15) is 4.98 Å². The number of hydrogen-bond donors (Lipinski definition) is 3. The third-order valence-corrected chi connectivity index (χ3v) is 2.78. The molecule has 0 saturated carbocycles. The molecular weight excluding hydrogens is 242 g/mol. The summed E-state index contributed by atoms with van der Waals surface area (Å²) in [4.78, 5) is 4.34. The number of hydrogen-bond acceptors (Lipinski definition) is 5. The van der Waals surface area contributed by atoms with E-state index in [2.05, 4.69) is 24.1 Å². The quantitative estimate of drug-likeness (QED) is 0.705. The number of rotatable bonds is 7. The van der Waals surface area contributed by atoms with Crippen molar-refractivity contribution in [3.05, 3.63) is 12.1 Å². The van der Waals surface area contributed by atoms with Crippen LogP contribution in [0.4, 0.5) is 11.5 Å². The standard InChI is InChI=1S/C14H25N3O2/c1-9(2)8-19-14-11(15)5-6-13(17-14)16-12(7-18)10(3)4/h5-6,9-10,12,18H,7-8,15H2,1-4H3,(H,16,17). The third-order valence-electron chi connectivity index (χ3n) is 2.78. The van der Waals surface area contributed by atoms with Crippen molar-refractivity contribution in [1.29, 1.82) is 0 Å². The zero-order chi connectivity index (χ0) is 14.4. The first-order valence-corrected chi connectivity index (χ1v) is 6.70. The van der Waals surface area contributed by atoms with Gasteiger partial charge in [0.1, 0.15) is 5.82 Å². The van der Waals surface area contributed by atoms with E-state index < -0.39 is 0 Å². The van der Waals surface area contributed by atoms with Gasteiger partial charge in [0.05, 0.1) is 24.9 Å². The molecule has 108 valence electrons. The maximum Gasteiger partial charge on any atom is 0.239 e. The molecule has 0 aliphatic carbocycles. The number of nitrogen functional groups attached to an aromatic ring is 1. The van der Waals surface area contributed by atoms with Gasteiger partial charge in [-0.25, -0.2) is 0 Å². The first-order valence-electron chi connectivity index (χ1n) is 6.70. The first kappa shape index (κ1) is 15.6. The lowest BCUT2D eigenvalue weighted by Crippen LogP contribution is -2.29. The van der Waals surface area contributed by atoms with E-state index in [4.69, 9.17) is 10.5 Å². The van der Waals surface area contributed by atoms with E-state index in [9.17, 15) is 5.11 Å². The highest BCUT2D eigenvalue weighted by Gasteiger charge is 2.13. The number of pyridine rings is 1. The van der Waals surface area contributed by atoms with Crippen LogP contribution in [0.3, 0.4) is 0 Å². The third kappa shape index (κ3) is 4.95. The molecule has 0 saturated heterocycles. The van der Waals surface area contributed by atoms with Crippen LogP contribution in [-0.4, -0.2) is 29.3 Å². The van der Waals surface area contributed by atoms with E-state index in [0.29, 0.717) is 35.8 Å². The Labute approximate surface area is 115 Å². The number of nitrogens with two attached hydrogens (primary N) is 1. The largest absolute Gasteiger partial charge is 0.476 e. The number of nitrogens with one attached hydrogen (secondary N) is 1. The molecule has 0 aromatic carbocycles. The fraction of sp³-hybridized carbons (Fsp3) is 0.643. The summed E-state index contributed by atoms with van der Waals surface area (Å²) < 4.78 is 5.58. The minimum Gasteiger partial charge on any atom is -0.476 e. The van der Waals surface area contributed by atoms with E-state index in [1.54, 1.807) is 12.1 Å². The molecule has 1 atom stereocenters. The van der Waals surface area contributed by atoms with E-state index in [1.807, 2.05) is 13.8 Å². The smallest absolute Gasteiger partial charge is 0.239 e. The number of aliphatic hydroxyl groups excluding tert-OH is 1. The van der Waals surface area contributed by atoms with Gasteiger partial charge in [0.2, 0.25) is 5.88 Å². The average molecular weight is 267 g/mol. The van der Waals surface area contributed by atoms with Gasteiger partial charge in [-0.3, -0.25) is 0 Å². The molecule has 0 spiro atoms. The molecule has 4 N–H and O–H groups in total. The van der Waals surface area contributed by atoms with Crippen molar-refractivity contribution in [3.8, 4) is 5.88 Å². The SMILES string of the molecule is CC(C)COc1nc(NC(CO)C(C)C)ccc1N. The Morgan fingerprint density at radius 3 is 2.53 bits per heavy atom. The van der Waals surface area contributed by atoms with Gasteiger partial charge < -0.3 is 20.9 Å². The molecule has 0 aliphatic rings. The fourth-order valence-electron chi connectivity index (χ4n) is 1.51. The normalized spacial score (nSPS) is 12.8. The Hall–Kier alpha value is -1.49. The molecule has 1 rings (SSSR count). The molecule has 0 bridgehead atoms. The number of aromatic nitrogens is 1. The summed E-state index contributed by atoms with van der Waals surface area (Å²) in [5, 5.41) is 12.5. The first-order chi connectivity index (χ1) is 8.93. The van der Waals surface area contributed by atoms with E-state index in [0.717, 1.165) is 0 Å². The molecule has 1 heterocycles. The minimum absolute atomic E-state index is 0.0333.